The molecular weight excluding hydrogens is 298 g/mol. The highest BCUT2D eigenvalue weighted by Gasteiger charge is 2.26. The van der Waals surface area contributed by atoms with Crippen LogP contribution in [-0.4, -0.2) is 74.4 Å². The van der Waals surface area contributed by atoms with Gasteiger partial charge in [0.25, 0.3) is 5.91 Å². The Hall–Kier alpha value is -2.71. The molecule has 0 spiro atoms. The average molecular weight is 317 g/mol. The number of rotatable bonds is 2. The van der Waals surface area contributed by atoms with E-state index >= 15 is 0 Å². The highest BCUT2D eigenvalue weighted by atomic mass is 16.2. The lowest BCUT2D eigenvalue weighted by Gasteiger charge is -2.34. The molecule has 3 amide bonds. The molecule has 1 aliphatic rings. The van der Waals surface area contributed by atoms with E-state index < -0.39 is 0 Å². The second-order valence-corrected chi connectivity index (χ2v) is 5.36. The van der Waals surface area contributed by atoms with Crippen molar-refractivity contribution in [3.8, 4) is 0 Å². The largest absolute Gasteiger partial charge is 0.338 e. The molecule has 0 aliphatic carbocycles. The lowest BCUT2D eigenvalue weighted by molar-refractivity contribution is 0.0667. The van der Waals surface area contributed by atoms with E-state index in [1.165, 1.54) is 0 Å². The molecule has 23 heavy (non-hydrogen) atoms. The molecule has 0 radical (unpaired) electrons. The number of urea groups is 1. The fraction of sp³-hybridized carbons (Fsp3) is 0.500. The molecule has 1 aliphatic heterocycles. The third kappa shape index (κ3) is 2.81. The Balaban J connectivity index is 1.73. The summed E-state index contributed by atoms with van der Waals surface area (Å²) in [6.07, 6.45) is 1.59. The summed E-state index contributed by atoms with van der Waals surface area (Å²) in [6.45, 7) is 4.52. The molecule has 122 valence electrons. The Kier molecular flexibility index (Phi) is 4.09. The highest BCUT2D eigenvalue weighted by Crippen LogP contribution is 2.16. The van der Waals surface area contributed by atoms with E-state index in [1.807, 2.05) is 6.92 Å². The summed E-state index contributed by atoms with van der Waals surface area (Å²) in [5.41, 5.74) is 1.58. The van der Waals surface area contributed by atoms with Crippen molar-refractivity contribution in [2.75, 3.05) is 32.7 Å². The van der Waals surface area contributed by atoms with Crippen molar-refractivity contribution < 1.29 is 9.59 Å². The third-order valence-electron chi connectivity index (χ3n) is 3.90. The van der Waals surface area contributed by atoms with Crippen LogP contribution in [0.2, 0.25) is 0 Å². The number of aryl methyl sites for hydroxylation is 1. The predicted molar refractivity (Wildman–Crippen MR) is 82.9 cm³/mol. The van der Waals surface area contributed by atoms with Crippen molar-refractivity contribution in [1.82, 2.24) is 35.1 Å². The maximum Gasteiger partial charge on any atom is 0.317 e. The minimum absolute atomic E-state index is 0.0835. The van der Waals surface area contributed by atoms with E-state index in [4.69, 9.17) is 0 Å². The van der Waals surface area contributed by atoms with Gasteiger partial charge in [0.05, 0.1) is 5.56 Å². The van der Waals surface area contributed by atoms with Crippen molar-refractivity contribution >= 4 is 23.1 Å². The van der Waals surface area contributed by atoms with Crippen LogP contribution in [0.5, 0.6) is 0 Å². The smallest absolute Gasteiger partial charge is 0.317 e. The summed E-state index contributed by atoms with van der Waals surface area (Å²) in [5.74, 6) is -0.103. The summed E-state index contributed by atoms with van der Waals surface area (Å²) in [5, 5.41) is 10.7. The molecule has 0 unspecified atom stereocenters. The van der Waals surface area contributed by atoms with Gasteiger partial charge in [-0.1, -0.05) is 5.21 Å². The number of aromatic nitrogens is 4. The number of hydrogen-bond donors (Lipinski definition) is 1. The summed E-state index contributed by atoms with van der Waals surface area (Å²) < 4.78 is 1.54. The van der Waals surface area contributed by atoms with E-state index in [0.717, 1.165) is 0 Å². The molecule has 1 fully saturated rings. The Labute approximate surface area is 133 Å². The fourth-order valence-electron chi connectivity index (χ4n) is 2.65. The number of amides is 3. The zero-order valence-electron chi connectivity index (χ0n) is 13.2. The summed E-state index contributed by atoms with van der Waals surface area (Å²) in [4.78, 5) is 32.2. The Bertz CT molecular complexity index is 734. The van der Waals surface area contributed by atoms with Crippen LogP contribution in [0, 0.1) is 0 Å². The first-order valence-corrected chi connectivity index (χ1v) is 7.58. The van der Waals surface area contributed by atoms with E-state index in [1.54, 1.807) is 33.8 Å². The number of hydrogen-bond acceptors (Lipinski definition) is 5. The molecule has 2 aromatic heterocycles. The van der Waals surface area contributed by atoms with Gasteiger partial charge in [0, 0.05) is 46.0 Å². The van der Waals surface area contributed by atoms with Gasteiger partial charge in [0.2, 0.25) is 0 Å². The number of nitrogens with one attached hydrogen (secondary N) is 1. The van der Waals surface area contributed by atoms with Gasteiger partial charge in [-0.15, -0.1) is 5.10 Å². The molecule has 1 saturated heterocycles. The molecule has 3 rings (SSSR count). The van der Waals surface area contributed by atoms with Crippen molar-refractivity contribution in [1.29, 1.82) is 0 Å². The van der Waals surface area contributed by atoms with Crippen LogP contribution >= 0.6 is 0 Å². The molecule has 3 heterocycles. The standard InChI is InChI=1S/C14H19N7O2/c1-3-15-14(23)21-8-6-20(7-9-21)13(22)10-4-5-16-12-11(10)17-18-19(12)2/h4-5H,3,6-9H2,1-2H3,(H,15,23). The first-order chi connectivity index (χ1) is 11.1. The zero-order valence-corrected chi connectivity index (χ0v) is 13.2. The van der Waals surface area contributed by atoms with Crippen molar-refractivity contribution in [2.45, 2.75) is 6.92 Å². The number of piperazine rings is 1. The SMILES string of the molecule is CCNC(=O)N1CCN(C(=O)c2ccnc3c2nnn3C)CC1. The van der Waals surface area contributed by atoms with Crippen molar-refractivity contribution in [3.63, 3.8) is 0 Å². The van der Waals surface area contributed by atoms with E-state index in [-0.39, 0.29) is 11.9 Å². The second kappa shape index (κ2) is 6.19. The molecule has 0 aromatic carbocycles. The van der Waals surface area contributed by atoms with Gasteiger partial charge in [-0.25, -0.2) is 14.5 Å². The normalized spacial score (nSPS) is 15.0. The van der Waals surface area contributed by atoms with Gasteiger partial charge >= 0.3 is 6.03 Å². The van der Waals surface area contributed by atoms with Gasteiger partial charge in [0.1, 0.15) is 5.52 Å². The van der Waals surface area contributed by atoms with Gasteiger partial charge < -0.3 is 15.1 Å². The van der Waals surface area contributed by atoms with Crippen LogP contribution in [0.4, 0.5) is 4.79 Å². The molecule has 0 bridgehead atoms. The van der Waals surface area contributed by atoms with Gasteiger partial charge in [-0.3, -0.25) is 4.79 Å². The maximum atomic E-state index is 12.7. The average Bonchev–Trinajstić information content (AvgIpc) is 2.96. The Morgan fingerprint density at radius 1 is 1.22 bits per heavy atom. The number of fused-ring (bicyclic) bond motifs is 1. The maximum absolute atomic E-state index is 12.7. The van der Waals surface area contributed by atoms with Crippen molar-refractivity contribution in [3.05, 3.63) is 17.8 Å². The highest BCUT2D eigenvalue weighted by molar-refractivity contribution is 6.03. The minimum atomic E-state index is -0.103. The minimum Gasteiger partial charge on any atom is -0.338 e. The third-order valence-corrected chi connectivity index (χ3v) is 3.90. The second-order valence-electron chi connectivity index (χ2n) is 5.36. The van der Waals surface area contributed by atoms with Crippen LogP contribution in [0.3, 0.4) is 0 Å². The van der Waals surface area contributed by atoms with Crippen LogP contribution < -0.4 is 5.32 Å². The molecule has 0 atom stereocenters. The first kappa shape index (κ1) is 15.2. The Morgan fingerprint density at radius 2 is 1.91 bits per heavy atom. The van der Waals surface area contributed by atoms with Crippen molar-refractivity contribution in [2.24, 2.45) is 7.05 Å². The number of carbonyl (C=O) groups is 2. The monoisotopic (exact) mass is 317 g/mol. The Morgan fingerprint density at radius 3 is 2.61 bits per heavy atom. The van der Waals surface area contributed by atoms with Crippen LogP contribution in [0.25, 0.3) is 11.2 Å². The summed E-state index contributed by atoms with van der Waals surface area (Å²) >= 11 is 0. The predicted octanol–water partition coefficient (Wildman–Crippen LogP) is -0.149. The topological polar surface area (TPSA) is 96.2 Å². The number of pyridine rings is 1. The summed E-state index contributed by atoms with van der Waals surface area (Å²) in [6, 6.07) is 1.58. The van der Waals surface area contributed by atoms with Crippen LogP contribution in [0.15, 0.2) is 12.3 Å². The van der Waals surface area contributed by atoms with E-state index in [9.17, 15) is 9.59 Å². The van der Waals surface area contributed by atoms with Crippen LogP contribution in [-0.2, 0) is 7.05 Å². The van der Waals surface area contributed by atoms with Gasteiger partial charge in [0.15, 0.2) is 5.65 Å². The lowest BCUT2D eigenvalue weighted by Crippen LogP contribution is -2.53. The molecule has 1 N–H and O–H groups in total. The summed E-state index contributed by atoms with van der Waals surface area (Å²) in [7, 11) is 1.74. The molecule has 0 saturated carbocycles. The number of nitrogens with zero attached hydrogens (tertiary/aromatic N) is 6. The van der Waals surface area contributed by atoms with E-state index in [0.29, 0.717) is 49.5 Å². The van der Waals surface area contributed by atoms with E-state index in [2.05, 4.69) is 20.6 Å². The number of carbonyl (C=O) groups excluding carboxylic acids is 2. The molecule has 9 nitrogen and oxygen atoms in total. The molecule has 9 heteroatoms. The quantitative estimate of drug-likeness (QED) is 0.831. The van der Waals surface area contributed by atoms with Gasteiger partial charge in [-0.05, 0) is 13.0 Å². The fourth-order valence-corrected chi connectivity index (χ4v) is 2.65. The van der Waals surface area contributed by atoms with Crippen LogP contribution in [0.1, 0.15) is 17.3 Å². The molecule has 2 aromatic rings. The zero-order chi connectivity index (χ0) is 16.4. The van der Waals surface area contributed by atoms with Gasteiger partial charge in [-0.2, -0.15) is 0 Å². The first-order valence-electron chi connectivity index (χ1n) is 7.58. The lowest BCUT2D eigenvalue weighted by atomic mass is 10.2. The molecular formula is C14H19N7O2.